The van der Waals surface area contributed by atoms with E-state index in [2.05, 4.69) is 35.0 Å². The van der Waals surface area contributed by atoms with Crippen LogP contribution in [0.4, 0.5) is 5.82 Å². The molecule has 0 aromatic carbocycles. The molecule has 0 saturated carbocycles. The van der Waals surface area contributed by atoms with Crippen molar-refractivity contribution in [1.29, 1.82) is 0 Å². The van der Waals surface area contributed by atoms with E-state index in [9.17, 15) is 0 Å². The highest BCUT2D eigenvalue weighted by atomic mass is 15.0. The van der Waals surface area contributed by atoms with Crippen LogP contribution < -0.4 is 0 Å². The highest BCUT2D eigenvalue weighted by Gasteiger charge is 2.18. The summed E-state index contributed by atoms with van der Waals surface area (Å²) in [7, 11) is 0. The quantitative estimate of drug-likeness (QED) is 0.826. The lowest BCUT2D eigenvalue weighted by atomic mass is 10.0. The van der Waals surface area contributed by atoms with Gasteiger partial charge in [-0.3, -0.25) is 0 Å². The Labute approximate surface area is 118 Å². The van der Waals surface area contributed by atoms with E-state index in [0.717, 1.165) is 35.3 Å². The molecule has 1 aliphatic heterocycles. The molecule has 1 atom stereocenters. The monoisotopic (exact) mass is 264 g/mol. The summed E-state index contributed by atoms with van der Waals surface area (Å²) < 4.78 is 0. The number of hydrogen-bond acceptors (Lipinski definition) is 4. The van der Waals surface area contributed by atoms with Crippen LogP contribution in [0.25, 0.3) is 23.3 Å². The van der Waals surface area contributed by atoms with Crippen molar-refractivity contribution in [2.45, 2.75) is 25.7 Å². The Morgan fingerprint density at radius 3 is 2.80 bits per heavy atom. The van der Waals surface area contributed by atoms with Gasteiger partial charge >= 0.3 is 0 Å². The molecule has 0 fully saturated rings. The zero-order valence-corrected chi connectivity index (χ0v) is 11.5. The molecule has 0 radical (unpaired) electrons. The summed E-state index contributed by atoms with van der Waals surface area (Å²) >= 11 is 0. The Balaban J connectivity index is 2.29. The molecule has 1 unspecified atom stereocenters. The van der Waals surface area contributed by atoms with Crippen molar-refractivity contribution < 1.29 is 0 Å². The van der Waals surface area contributed by atoms with Crippen LogP contribution in [0, 0.1) is 0 Å². The second kappa shape index (κ2) is 4.96. The van der Waals surface area contributed by atoms with Crippen LogP contribution in [0.3, 0.4) is 0 Å². The average molecular weight is 264 g/mol. The van der Waals surface area contributed by atoms with Gasteiger partial charge in [0.2, 0.25) is 0 Å². The van der Waals surface area contributed by atoms with E-state index < -0.39 is 0 Å². The molecule has 4 heteroatoms. The van der Waals surface area contributed by atoms with E-state index in [1.165, 1.54) is 0 Å². The molecule has 0 amide bonds. The topological polar surface area (TPSA) is 51.0 Å². The molecule has 3 rings (SSSR count). The molecule has 0 spiro atoms. The molecular weight excluding hydrogens is 248 g/mol. The minimum absolute atomic E-state index is 0.357. The first-order valence-corrected chi connectivity index (χ1v) is 6.73. The third-order valence-electron chi connectivity index (χ3n) is 3.55. The summed E-state index contributed by atoms with van der Waals surface area (Å²) in [4.78, 5) is 18.2. The Kier molecular flexibility index (Phi) is 3.14. The lowest BCUT2D eigenvalue weighted by Crippen LogP contribution is -2.01. The van der Waals surface area contributed by atoms with Gasteiger partial charge in [-0.1, -0.05) is 26.2 Å². The number of rotatable bonds is 2. The molecule has 100 valence electrons. The largest absolute Gasteiger partial charge is 0.245 e. The molecule has 1 aliphatic rings. The fraction of sp³-hybridized carbons (Fsp3) is 0.250. The Hall–Kier alpha value is -2.36. The summed E-state index contributed by atoms with van der Waals surface area (Å²) in [5.74, 6) is 1.05. The Morgan fingerprint density at radius 2 is 2.05 bits per heavy atom. The maximum atomic E-state index is 4.72. The van der Waals surface area contributed by atoms with Crippen molar-refractivity contribution in [2.75, 3.05) is 0 Å². The molecule has 2 aromatic heterocycles. The fourth-order valence-electron chi connectivity index (χ4n) is 2.39. The third-order valence-corrected chi connectivity index (χ3v) is 3.55. The SMILES string of the molecule is C=Cc1cc2nc3c(nc2nc1C=C)N=CCCC3C. The minimum Gasteiger partial charge on any atom is -0.245 e. The van der Waals surface area contributed by atoms with Crippen molar-refractivity contribution in [3.05, 3.63) is 36.2 Å². The predicted octanol–water partition coefficient (Wildman–Crippen LogP) is 3.91. The van der Waals surface area contributed by atoms with Gasteiger partial charge in [0, 0.05) is 17.7 Å². The highest BCUT2D eigenvalue weighted by Crippen LogP contribution is 2.30. The first kappa shape index (κ1) is 12.7. The lowest BCUT2D eigenvalue weighted by Gasteiger charge is -2.11. The van der Waals surface area contributed by atoms with Crippen molar-refractivity contribution in [3.63, 3.8) is 0 Å². The summed E-state index contributed by atoms with van der Waals surface area (Å²) in [5.41, 5.74) is 4.04. The predicted molar refractivity (Wildman–Crippen MR) is 83.3 cm³/mol. The standard InChI is InChI=1S/C16H16N4/c1-4-11-9-13-15(19-12(11)5-2)20-16-14(18-13)10(3)7-6-8-17-16/h4-5,8-10H,1-2,6-7H2,3H3. The zero-order chi connectivity index (χ0) is 14.1. The molecule has 0 saturated heterocycles. The van der Waals surface area contributed by atoms with Gasteiger partial charge in [0.1, 0.15) is 5.52 Å². The van der Waals surface area contributed by atoms with Gasteiger partial charge in [-0.2, -0.15) is 0 Å². The van der Waals surface area contributed by atoms with Gasteiger partial charge in [0.25, 0.3) is 0 Å². The van der Waals surface area contributed by atoms with Crippen molar-refractivity contribution >= 4 is 35.3 Å². The molecular formula is C16H16N4. The highest BCUT2D eigenvalue weighted by molar-refractivity contribution is 5.79. The maximum Gasteiger partial charge on any atom is 0.180 e. The summed E-state index contributed by atoms with van der Waals surface area (Å²) in [6.45, 7) is 9.74. The number of pyridine rings is 1. The van der Waals surface area contributed by atoms with E-state index in [1.54, 1.807) is 12.2 Å². The van der Waals surface area contributed by atoms with Crippen molar-refractivity contribution in [1.82, 2.24) is 15.0 Å². The molecule has 20 heavy (non-hydrogen) atoms. The van der Waals surface area contributed by atoms with Gasteiger partial charge in [0.05, 0.1) is 11.4 Å². The van der Waals surface area contributed by atoms with Crippen LogP contribution in [0.2, 0.25) is 0 Å². The molecule has 4 nitrogen and oxygen atoms in total. The lowest BCUT2D eigenvalue weighted by molar-refractivity contribution is 0.693. The van der Waals surface area contributed by atoms with E-state index in [4.69, 9.17) is 4.98 Å². The summed E-state index contributed by atoms with van der Waals surface area (Å²) in [6.07, 6.45) is 7.38. The molecule has 0 bridgehead atoms. The fourth-order valence-corrected chi connectivity index (χ4v) is 2.39. The molecule has 3 heterocycles. The van der Waals surface area contributed by atoms with Gasteiger partial charge in [-0.05, 0) is 25.0 Å². The van der Waals surface area contributed by atoms with E-state index in [-0.39, 0.29) is 0 Å². The minimum atomic E-state index is 0.357. The smallest absolute Gasteiger partial charge is 0.180 e. The summed E-state index contributed by atoms with van der Waals surface area (Å²) in [5, 5.41) is 0. The van der Waals surface area contributed by atoms with Gasteiger partial charge in [0.15, 0.2) is 11.5 Å². The number of hydrogen-bond donors (Lipinski definition) is 0. The number of aromatic nitrogens is 3. The van der Waals surface area contributed by atoms with E-state index in [1.807, 2.05) is 12.3 Å². The van der Waals surface area contributed by atoms with E-state index >= 15 is 0 Å². The number of aliphatic imine (C=N–C) groups is 1. The van der Waals surface area contributed by atoms with Crippen LogP contribution in [0.1, 0.15) is 42.6 Å². The molecule has 0 aliphatic carbocycles. The first-order valence-electron chi connectivity index (χ1n) is 6.73. The van der Waals surface area contributed by atoms with Gasteiger partial charge in [-0.15, -0.1) is 0 Å². The van der Waals surface area contributed by atoms with Gasteiger partial charge in [-0.25, -0.2) is 19.9 Å². The average Bonchev–Trinajstić information content (AvgIpc) is 2.65. The second-order valence-corrected chi connectivity index (χ2v) is 4.94. The third kappa shape index (κ3) is 2.03. The number of nitrogens with zero attached hydrogens (tertiary/aromatic N) is 4. The van der Waals surface area contributed by atoms with Crippen LogP contribution in [0.15, 0.2) is 24.2 Å². The normalized spacial score (nSPS) is 17.6. The maximum absolute atomic E-state index is 4.72. The Morgan fingerprint density at radius 1 is 1.20 bits per heavy atom. The van der Waals surface area contributed by atoms with Crippen LogP contribution in [-0.2, 0) is 0 Å². The summed E-state index contributed by atoms with van der Waals surface area (Å²) in [6, 6.07) is 1.96. The molecule has 0 N–H and O–H groups in total. The zero-order valence-electron chi connectivity index (χ0n) is 11.5. The Bertz CT molecular complexity index is 731. The van der Waals surface area contributed by atoms with Crippen LogP contribution in [-0.4, -0.2) is 21.2 Å². The first-order chi connectivity index (χ1) is 9.72. The van der Waals surface area contributed by atoms with E-state index in [0.29, 0.717) is 17.4 Å². The van der Waals surface area contributed by atoms with Crippen LogP contribution >= 0.6 is 0 Å². The van der Waals surface area contributed by atoms with Crippen LogP contribution in [0.5, 0.6) is 0 Å². The second-order valence-electron chi connectivity index (χ2n) is 4.94. The number of fused-ring (bicyclic) bond motifs is 2. The van der Waals surface area contributed by atoms with Crippen molar-refractivity contribution in [2.24, 2.45) is 4.99 Å². The molecule has 2 aromatic rings. The van der Waals surface area contributed by atoms with Crippen molar-refractivity contribution in [3.8, 4) is 0 Å². The van der Waals surface area contributed by atoms with Gasteiger partial charge < -0.3 is 0 Å².